The van der Waals surface area contributed by atoms with Crippen molar-refractivity contribution in [3.63, 3.8) is 0 Å². The first-order chi connectivity index (χ1) is 5.70. The van der Waals surface area contributed by atoms with E-state index in [1.165, 1.54) is 4.90 Å². The average molecular weight is 185 g/mol. The molecule has 2 heterocycles. The van der Waals surface area contributed by atoms with Gasteiger partial charge in [0.25, 0.3) is 0 Å². The van der Waals surface area contributed by atoms with E-state index in [1.807, 2.05) is 0 Å². The molecule has 64 valence electrons. The molecule has 0 aliphatic carbocycles. The molecule has 1 unspecified atom stereocenters. The summed E-state index contributed by atoms with van der Waals surface area (Å²) in [5.41, 5.74) is 0.148. The van der Waals surface area contributed by atoms with E-state index < -0.39 is 5.97 Å². The first kappa shape index (κ1) is 7.67. The molecule has 0 spiro atoms. The van der Waals surface area contributed by atoms with Crippen LogP contribution in [-0.2, 0) is 9.59 Å². The molecule has 2 aliphatic rings. The number of hydrogen-bond donors (Lipinski definition) is 1. The zero-order valence-electron chi connectivity index (χ0n) is 6.19. The lowest BCUT2D eigenvalue weighted by Crippen LogP contribution is -2.52. The monoisotopic (exact) mass is 185 g/mol. The molecule has 4 nitrogen and oxygen atoms in total. The van der Waals surface area contributed by atoms with E-state index >= 15 is 0 Å². The molecule has 1 amide bonds. The van der Waals surface area contributed by atoms with Crippen LogP contribution in [0.4, 0.5) is 0 Å². The number of hydrogen-bond acceptors (Lipinski definition) is 3. The first-order valence-corrected chi connectivity index (χ1v) is 4.62. The molecule has 0 radical (unpaired) electrons. The minimum atomic E-state index is -1.01. The molecule has 0 aromatic rings. The van der Waals surface area contributed by atoms with Crippen molar-refractivity contribution in [2.45, 2.75) is 11.8 Å². The highest BCUT2D eigenvalue weighted by Gasteiger charge is 2.42. The summed E-state index contributed by atoms with van der Waals surface area (Å²) < 4.78 is 0. The zero-order chi connectivity index (χ0) is 8.72. The quantitative estimate of drug-likeness (QED) is 0.595. The van der Waals surface area contributed by atoms with Crippen LogP contribution in [0.5, 0.6) is 0 Å². The normalized spacial score (nSPS) is 27.3. The van der Waals surface area contributed by atoms with Crippen LogP contribution >= 0.6 is 11.8 Å². The minimum Gasteiger partial charge on any atom is -0.477 e. The van der Waals surface area contributed by atoms with Crippen LogP contribution in [0.3, 0.4) is 0 Å². The third kappa shape index (κ3) is 0.929. The van der Waals surface area contributed by atoms with Crippen molar-refractivity contribution < 1.29 is 14.7 Å². The molecule has 0 saturated carbocycles. The molecule has 2 aliphatic heterocycles. The van der Waals surface area contributed by atoms with E-state index in [-0.39, 0.29) is 17.0 Å². The van der Waals surface area contributed by atoms with Gasteiger partial charge in [0.2, 0.25) is 5.91 Å². The third-order valence-corrected chi connectivity index (χ3v) is 3.07. The van der Waals surface area contributed by atoms with Gasteiger partial charge in [0.05, 0.1) is 11.8 Å². The summed E-state index contributed by atoms with van der Waals surface area (Å²) in [6.07, 6.45) is 2.07. The number of nitrogens with zero attached hydrogens (tertiary/aromatic N) is 1. The summed E-state index contributed by atoms with van der Waals surface area (Å²) in [6.45, 7) is 0. The molecule has 1 atom stereocenters. The number of fused-ring (bicyclic) bond motifs is 1. The fourth-order valence-electron chi connectivity index (χ4n) is 1.34. The molecular formula is C7H7NO3S. The number of carboxylic acid groups (broad SMARTS) is 1. The summed E-state index contributed by atoms with van der Waals surface area (Å²) in [4.78, 5) is 23.0. The van der Waals surface area contributed by atoms with Crippen molar-refractivity contribution in [1.29, 1.82) is 0 Å². The number of β-lactam (4-membered cyclic amide) rings is 1. The summed E-state index contributed by atoms with van der Waals surface area (Å²) in [5.74, 6) is -0.398. The van der Waals surface area contributed by atoms with Crippen LogP contribution in [0.25, 0.3) is 0 Å². The highest BCUT2D eigenvalue weighted by molar-refractivity contribution is 8.00. The highest BCUT2D eigenvalue weighted by Crippen LogP contribution is 2.36. The first-order valence-electron chi connectivity index (χ1n) is 3.57. The molecule has 1 N–H and O–H groups in total. The van der Waals surface area contributed by atoms with Gasteiger partial charge in [-0.15, -0.1) is 11.8 Å². The van der Waals surface area contributed by atoms with E-state index in [1.54, 1.807) is 17.8 Å². The van der Waals surface area contributed by atoms with E-state index in [0.717, 1.165) is 0 Å². The van der Waals surface area contributed by atoms with Gasteiger partial charge in [0, 0.05) is 5.75 Å². The fourth-order valence-corrected chi connectivity index (χ4v) is 2.45. The van der Waals surface area contributed by atoms with E-state index in [2.05, 4.69) is 0 Å². The molecule has 5 heteroatoms. The van der Waals surface area contributed by atoms with Gasteiger partial charge in [-0.25, -0.2) is 4.79 Å². The van der Waals surface area contributed by atoms with Crippen molar-refractivity contribution in [3.05, 3.63) is 11.8 Å². The number of thioether (sulfide) groups is 1. The van der Waals surface area contributed by atoms with Gasteiger partial charge in [-0.1, -0.05) is 0 Å². The Morgan fingerprint density at radius 1 is 1.75 bits per heavy atom. The predicted octanol–water partition coefficient (Wildman–Crippen LogP) is 0.260. The molecule has 12 heavy (non-hydrogen) atoms. The number of aliphatic carboxylic acids is 1. The number of rotatable bonds is 1. The molecule has 1 saturated heterocycles. The van der Waals surface area contributed by atoms with Gasteiger partial charge in [-0.3, -0.25) is 9.69 Å². The van der Waals surface area contributed by atoms with E-state index in [0.29, 0.717) is 12.2 Å². The maximum atomic E-state index is 11.0. The predicted molar refractivity (Wildman–Crippen MR) is 43.4 cm³/mol. The lowest BCUT2D eigenvalue weighted by atomic mass is 10.1. The summed E-state index contributed by atoms with van der Waals surface area (Å²) in [5, 5.41) is 8.78. The van der Waals surface area contributed by atoms with Crippen LogP contribution in [-0.4, -0.2) is 33.0 Å². The average Bonchev–Trinajstić information content (AvgIpc) is 2.01. The highest BCUT2D eigenvalue weighted by atomic mass is 32.2. The Balaban J connectivity index is 2.26. The van der Waals surface area contributed by atoms with E-state index in [4.69, 9.17) is 5.11 Å². The summed E-state index contributed by atoms with van der Waals surface area (Å²) in [6, 6.07) is 0. The number of carboxylic acids is 1. The van der Waals surface area contributed by atoms with Crippen LogP contribution in [0, 0.1) is 0 Å². The van der Waals surface area contributed by atoms with Crippen molar-refractivity contribution in [3.8, 4) is 0 Å². The third-order valence-electron chi connectivity index (χ3n) is 1.95. The Kier molecular flexibility index (Phi) is 1.61. The Hall–Kier alpha value is -0.970. The molecule has 1 fully saturated rings. The second-order valence-corrected chi connectivity index (χ2v) is 3.86. The standard InChI is InChI=1S/C7H7NO3S/c9-5-3-6-8(5)4(7(10)11)1-2-12-6/h1,6H,2-3H2,(H,10,11). The SMILES string of the molecule is O=C(O)C1=CCSC2CC(=O)N12. The molecule has 0 aromatic carbocycles. The smallest absolute Gasteiger partial charge is 0.352 e. The van der Waals surface area contributed by atoms with Gasteiger partial charge in [0.15, 0.2) is 0 Å². The van der Waals surface area contributed by atoms with Crippen LogP contribution in [0.1, 0.15) is 6.42 Å². The maximum Gasteiger partial charge on any atom is 0.352 e. The second kappa shape index (κ2) is 2.52. The van der Waals surface area contributed by atoms with Crippen LogP contribution < -0.4 is 0 Å². The van der Waals surface area contributed by atoms with Crippen LogP contribution in [0.15, 0.2) is 11.8 Å². The van der Waals surface area contributed by atoms with Crippen LogP contribution in [0.2, 0.25) is 0 Å². The molecular weight excluding hydrogens is 178 g/mol. The Labute approximate surface area is 73.2 Å². The lowest BCUT2D eigenvalue weighted by Gasteiger charge is -2.42. The maximum absolute atomic E-state index is 11.0. The summed E-state index contributed by atoms with van der Waals surface area (Å²) in [7, 11) is 0. The Bertz CT molecular complexity index is 286. The number of amides is 1. The van der Waals surface area contributed by atoms with Gasteiger partial charge >= 0.3 is 5.97 Å². The largest absolute Gasteiger partial charge is 0.477 e. The molecule has 0 bridgehead atoms. The Morgan fingerprint density at radius 3 is 3.00 bits per heavy atom. The fraction of sp³-hybridized carbons (Fsp3) is 0.429. The van der Waals surface area contributed by atoms with Crippen molar-refractivity contribution in [1.82, 2.24) is 4.90 Å². The van der Waals surface area contributed by atoms with E-state index in [9.17, 15) is 9.59 Å². The topological polar surface area (TPSA) is 57.6 Å². The molecule has 0 aromatic heterocycles. The summed E-state index contributed by atoms with van der Waals surface area (Å²) >= 11 is 1.60. The van der Waals surface area contributed by atoms with Gasteiger partial charge in [-0.2, -0.15) is 0 Å². The Morgan fingerprint density at radius 2 is 2.50 bits per heavy atom. The zero-order valence-corrected chi connectivity index (χ0v) is 7.00. The van der Waals surface area contributed by atoms with Gasteiger partial charge in [-0.05, 0) is 6.08 Å². The second-order valence-electron chi connectivity index (χ2n) is 2.65. The van der Waals surface area contributed by atoms with Crippen molar-refractivity contribution in [2.24, 2.45) is 0 Å². The molecule has 2 rings (SSSR count). The van der Waals surface area contributed by atoms with Crippen molar-refractivity contribution in [2.75, 3.05) is 5.75 Å². The van der Waals surface area contributed by atoms with Gasteiger partial charge < -0.3 is 5.11 Å². The number of carbonyl (C=O) groups is 2. The van der Waals surface area contributed by atoms with Crippen molar-refractivity contribution >= 4 is 23.6 Å². The lowest BCUT2D eigenvalue weighted by molar-refractivity contribution is -0.146. The number of carbonyl (C=O) groups excluding carboxylic acids is 1. The minimum absolute atomic E-state index is 0.0774. The van der Waals surface area contributed by atoms with Gasteiger partial charge in [0.1, 0.15) is 5.70 Å².